The van der Waals surface area contributed by atoms with E-state index in [1.54, 1.807) is 0 Å². The summed E-state index contributed by atoms with van der Waals surface area (Å²) in [4.78, 5) is 0. The number of rotatable bonds is 2. The molecule has 0 amide bonds. The Morgan fingerprint density at radius 2 is 2.16 bits per heavy atom. The SMILES string of the molecule is CC1SCC(C(N)c2cccc3c2OCC3)SC1C. The van der Waals surface area contributed by atoms with Gasteiger partial charge < -0.3 is 10.5 Å². The monoisotopic (exact) mass is 295 g/mol. The minimum Gasteiger partial charge on any atom is -0.493 e. The maximum atomic E-state index is 6.54. The minimum atomic E-state index is 0.0838. The van der Waals surface area contributed by atoms with Crippen LogP contribution in [-0.2, 0) is 6.42 Å². The number of nitrogens with two attached hydrogens (primary N) is 1. The molecule has 2 aliphatic heterocycles. The maximum absolute atomic E-state index is 6.54. The Morgan fingerprint density at radius 1 is 1.32 bits per heavy atom. The van der Waals surface area contributed by atoms with Crippen molar-refractivity contribution in [1.82, 2.24) is 0 Å². The van der Waals surface area contributed by atoms with Crippen molar-refractivity contribution < 1.29 is 4.74 Å². The van der Waals surface area contributed by atoms with Crippen molar-refractivity contribution in [2.45, 2.75) is 42.1 Å². The zero-order chi connectivity index (χ0) is 13.4. The molecule has 2 nitrogen and oxygen atoms in total. The van der Waals surface area contributed by atoms with Gasteiger partial charge in [-0.1, -0.05) is 32.0 Å². The molecule has 1 aromatic rings. The molecule has 0 aromatic heterocycles. The van der Waals surface area contributed by atoms with Crippen molar-refractivity contribution in [3.05, 3.63) is 29.3 Å². The smallest absolute Gasteiger partial charge is 0.127 e. The first-order valence-electron chi connectivity index (χ1n) is 6.94. The molecule has 104 valence electrons. The summed E-state index contributed by atoms with van der Waals surface area (Å²) in [7, 11) is 0. The third kappa shape index (κ3) is 2.63. The van der Waals surface area contributed by atoms with E-state index in [2.05, 4.69) is 32.0 Å². The van der Waals surface area contributed by atoms with Crippen molar-refractivity contribution in [3.63, 3.8) is 0 Å². The van der Waals surface area contributed by atoms with Crippen LogP contribution in [0.4, 0.5) is 0 Å². The summed E-state index contributed by atoms with van der Waals surface area (Å²) in [6.07, 6.45) is 1.02. The van der Waals surface area contributed by atoms with Crippen LogP contribution in [0.3, 0.4) is 0 Å². The second-order valence-corrected chi connectivity index (χ2v) is 8.41. The molecule has 0 spiro atoms. The zero-order valence-corrected chi connectivity index (χ0v) is 13.1. The first kappa shape index (κ1) is 13.7. The van der Waals surface area contributed by atoms with Crippen LogP contribution in [0.2, 0.25) is 0 Å². The molecular formula is C15H21NOS2. The highest BCUT2D eigenvalue weighted by atomic mass is 32.2. The molecule has 0 radical (unpaired) electrons. The first-order valence-corrected chi connectivity index (χ1v) is 8.93. The molecule has 1 fully saturated rings. The number of para-hydroxylation sites is 1. The van der Waals surface area contributed by atoms with E-state index in [1.807, 2.05) is 23.5 Å². The van der Waals surface area contributed by atoms with Crippen LogP contribution >= 0.6 is 23.5 Å². The third-order valence-electron chi connectivity index (χ3n) is 4.08. The summed E-state index contributed by atoms with van der Waals surface area (Å²) in [6.45, 7) is 5.43. The van der Waals surface area contributed by atoms with E-state index in [4.69, 9.17) is 10.5 Å². The molecule has 0 bridgehead atoms. The van der Waals surface area contributed by atoms with Crippen LogP contribution in [0.5, 0.6) is 5.75 Å². The summed E-state index contributed by atoms with van der Waals surface area (Å²) in [6, 6.07) is 6.50. The van der Waals surface area contributed by atoms with Crippen molar-refractivity contribution in [3.8, 4) is 5.75 Å². The van der Waals surface area contributed by atoms with Gasteiger partial charge in [0.1, 0.15) is 5.75 Å². The van der Waals surface area contributed by atoms with Gasteiger partial charge in [-0.2, -0.15) is 23.5 Å². The molecule has 0 aliphatic carbocycles. The molecule has 4 atom stereocenters. The van der Waals surface area contributed by atoms with Crippen LogP contribution in [0, 0.1) is 0 Å². The van der Waals surface area contributed by atoms with Gasteiger partial charge in [-0.05, 0) is 5.56 Å². The molecule has 1 aromatic carbocycles. The Bertz CT molecular complexity index is 465. The summed E-state index contributed by atoms with van der Waals surface area (Å²) >= 11 is 4.09. The van der Waals surface area contributed by atoms with Crippen LogP contribution < -0.4 is 10.5 Å². The number of thioether (sulfide) groups is 2. The molecule has 2 N–H and O–H groups in total. The number of hydrogen-bond acceptors (Lipinski definition) is 4. The maximum Gasteiger partial charge on any atom is 0.127 e. The molecule has 4 unspecified atom stereocenters. The minimum absolute atomic E-state index is 0.0838. The van der Waals surface area contributed by atoms with Crippen molar-refractivity contribution >= 4 is 23.5 Å². The van der Waals surface area contributed by atoms with Crippen LogP contribution in [0.15, 0.2) is 18.2 Å². The molecule has 2 heterocycles. The van der Waals surface area contributed by atoms with Crippen LogP contribution in [0.1, 0.15) is 31.0 Å². The average molecular weight is 295 g/mol. The second kappa shape index (κ2) is 5.58. The lowest BCUT2D eigenvalue weighted by Gasteiger charge is -2.34. The highest BCUT2D eigenvalue weighted by Crippen LogP contribution is 2.43. The van der Waals surface area contributed by atoms with Crippen LogP contribution in [-0.4, -0.2) is 28.1 Å². The summed E-state index contributed by atoms with van der Waals surface area (Å²) in [5.41, 5.74) is 9.06. The molecule has 3 rings (SSSR count). The van der Waals surface area contributed by atoms with Crippen molar-refractivity contribution in [2.24, 2.45) is 5.73 Å². The van der Waals surface area contributed by atoms with E-state index >= 15 is 0 Å². The van der Waals surface area contributed by atoms with Gasteiger partial charge >= 0.3 is 0 Å². The number of hydrogen-bond donors (Lipinski definition) is 1. The van der Waals surface area contributed by atoms with Gasteiger partial charge in [0, 0.05) is 39.5 Å². The summed E-state index contributed by atoms with van der Waals surface area (Å²) in [5.74, 6) is 2.20. The zero-order valence-electron chi connectivity index (χ0n) is 11.5. The fraction of sp³-hybridized carbons (Fsp3) is 0.600. The fourth-order valence-corrected chi connectivity index (χ4v) is 5.74. The van der Waals surface area contributed by atoms with Gasteiger partial charge in [0.05, 0.1) is 6.61 Å². The normalized spacial score (nSPS) is 31.6. The average Bonchev–Trinajstić information content (AvgIpc) is 2.89. The predicted molar refractivity (Wildman–Crippen MR) is 85.3 cm³/mol. The van der Waals surface area contributed by atoms with Crippen molar-refractivity contribution in [2.75, 3.05) is 12.4 Å². The number of benzene rings is 1. The highest BCUT2D eigenvalue weighted by molar-refractivity contribution is 8.07. The van der Waals surface area contributed by atoms with E-state index in [0.29, 0.717) is 10.5 Å². The van der Waals surface area contributed by atoms with Gasteiger partial charge in [0.15, 0.2) is 0 Å². The Kier molecular flexibility index (Phi) is 4.01. The van der Waals surface area contributed by atoms with Gasteiger partial charge in [0.25, 0.3) is 0 Å². The Labute approximate surface area is 123 Å². The molecule has 2 aliphatic rings. The molecule has 19 heavy (non-hydrogen) atoms. The Balaban J connectivity index is 1.81. The van der Waals surface area contributed by atoms with Crippen molar-refractivity contribution in [1.29, 1.82) is 0 Å². The molecule has 4 heteroatoms. The Morgan fingerprint density at radius 3 is 2.95 bits per heavy atom. The lowest BCUT2D eigenvalue weighted by atomic mass is 10.0. The van der Waals surface area contributed by atoms with E-state index in [-0.39, 0.29) is 6.04 Å². The lowest BCUT2D eigenvalue weighted by Crippen LogP contribution is -2.34. The van der Waals surface area contributed by atoms with E-state index in [0.717, 1.165) is 29.8 Å². The number of ether oxygens (including phenoxy) is 1. The molecular weight excluding hydrogens is 274 g/mol. The largest absolute Gasteiger partial charge is 0.493 e. The van der Waals surface area contributed by atoms with Gasteiger partial charge in [0.2, 0.25) is 0 Å². The van der Waals surface area contributed by atoms with E-state index in [9.17, 15) is 0 Å². The number of fused-ring (bicyclic) bond motifs is 1. The molecule has 0 saturated carbocycles. The highest BCUT2D eigenvalue weighted by Gasteiger charge is 2.32. The topological polar surface area (TPSA) is 35.2 Å². The van der Waals surface area contributed by atoms with Gasteiger partial charge in [-0.3, -0.25) is 0 Å². The van der Waals surface area contributed by atoms with Gasteiger partial charge in [-0.15, -0.1) is 0 Å². The van der Waals surface area contributed by atoms with Gasteiger partial charge in [-0.25, -0.2) is 0 Å². The summed E-state index contributed by atoms with van der Waals surface area (Å²) < 4.78 is 5.79. The summed E-state index contributed by atoms with van der Waals surface area (Å²) in [5, 5.41) is 1.89. The quantitative estimate of drug-likeness (QED) is 0.908. The second-order valence-electron chi connectivity index (χ2n) is 5.38. The Hall–Kier alpha value is -0.320. The van der Waals surface area contributed by atoms with E-state index in [1.165, 1.54) is 11.1 Å². The van der Waals surface area contributed by atoms with Crippen LogP contribution in [0.25, 0.3) is 0 Å². The van der Waals surface area contributed by atoms with E-state index < -0.39 is 0 Å². The standard InChI is InChI=1S/C15H21NOS2/c1-9-10(2)19-13(8-18-9)14(16)12-5-3-4-11-6-7-17-15(11)12/h3-5,9-10,13-14H,6-8,16H2,1-2H3. The lowest BCUT2D eigenvalue weighted by molar-refractivity contribution is 0.351. The molecule has 1 saturated heterocycles. The third-order valence-corrected chi connectivity index (χ3v) is 7.59. The first-order chi connectivity index (χ1) is 9.16. The predicted octanol–water partition coefficient (Wildman–Crippen LogP) is 3.25. The fourth-order valence-electron chi connectivity index (χ4n) is 2.70.